The fourth-order valence-electron chi connectivity index (χ4n) is 7.79. The number of para-hydroxylation sites is 3. The van der Waals surface area contributed by atoms with Crippen LogP contribution in [0.15, 0.2) is 121 Å². The summed E-state index contributed by atoms with van der Waals surface area (Å²) in [6.45, 7) is 0. The summed E-state index contributed by atoms with van der Waals surface area (Å²) in [5.41, 5.74) is 11.6. The molecule has 0 radical (unpaired) electrons. The summed E-state index contributed by atoms with van der Waals surface area (Å²) < 4.78 is 4.74. The monoisotopic (exact) mass is 532 g/mol. The summed E-state index contributed by atoms with van der Waals surface area (Å²) in [7, 11) is 0. The topological polar surface area (TPSA) is 35.1 Å². The Morgan fingerprint density at radius 3 is 1.90 bits per heavy atom. The van der Waals surface area contributed by atoms with E-state index in [1.807, 2.05) is 0 Å². The first-order valence-electron chi connectivity index (χ1n) is 14.4. The van der Waals surface area contributed by atoms with E-state index in [1.54, 1.807) is 0 Å². The SMILES string of the molecule is c1ccc2c(c1)-c1cccc3nc(-n4c5ccccc5c5c6c7ccccc7n7c8ccccc8c(cc54)c67)nc-2c13. The third kappa shape index (κ3) is 2.30. The van der Waals surface area contributed by atoms with Crippen molar-refractivity contribution in [3.05, 3.63) is 121 Å². The first-order chi connectivity index (χ1) is 20.9. The largest absolute Gasteiger partial charge is 0.308 e. The molecule has 0 bridgehead atoms. The molecule has 10 aromatic rings. The molecule has 0 spiro atoms. The van der Waals surface area contributed by atoms with E-state index in [2.05, 4.69) is 130 Å². The molecule has 42 heavy (non-hydrogen) atoms. The zero-order valence-corrected chi connectivity index (χ0v) is 22.3. The van der Waals surface area contributed by atoms with E-state index in [9.17, 15) is 0 Å². The molecule has 0 aliphatic heterocycles. The van der Waals surface area contributed by atoms with Crippen molar-refractivity contribution in [1.82, 2.24) is 18.9 Å². The summed E-state index contributed by atoms with van der Waals surface area (Å²) in [6, 6.07) is 43.7. The van der Waals surface area contributed by atoms with Gasteiger partial charge in [-0.1, -0.05) is 91.0 Å². The van der Waals surface area contributed by atoms with E-state index in [0.29, 0.717) is 5.95 Å². The number of aromatic nitrogens is 4. The van der Waals surface area contributed by atoms with E-state index in [0.717, 1.165) is 27.6 Å². The van der Waals surface area contributed by atoms with E-state index in [4.69, 9.17) is 9.97 Å². The Kier molecular flexibility index (Phi) is 3.57. The van der Waals surface area contributed by atoms with E-state index >= 15 is 0 Å². The number of benzene rings is 6. The minimum absolute atomic E-state index is 0.708. The predicted octanol–water partition coefficient (Wildman–Crippen LogP) is 9.52. The minimum atomic E-state index is 0.708. The lowest BCUT2D eigenvalue weighted by molar-refractivity contribution is 1.02. The molecule has 4 nitrogen and oxygen atoms in total. The average Bonchev–Trinajstić information content (AvgIpc) is 3.76. The third-order valence-electron chi connectivity index (χ3n) is 9.39. The molecule has 0 atom stereocenters. The quantitative estimate of drug-likeness (QED) is 0.211. The van der Waals surface area contributed by atoms with Gasteiger partial charge in [0, 0.05) is 43.3 Å². The molecule has 0 unspecified atom stereocenters. The molecule has 4 heteroatoms. The van der Waals surface area contributed by atoms with Gasteiger partial charge in [0.05, 0.1) is 38.8 Å². The van der Waals surface area contributed by atoms with Crippen molar-refractivity contribution in [2.24, 2.45) is 0 Å². The first kappa shape index (κ1) is 21.1. The van der Waals surface area contributed by atoms with Gasteiger partial charge in [0.25, 0.3) is 0 Å². The van der Waals surface area contributed by atoms with Crippen LogP contribution in [0.25, 0.3) is 99.1 Å². The molecule has 4 heterocycles. The van der Waals surface area contributed by atoms with Crippen LogP contribution in [-0.4, -0.2) is 18.9 Å². The van der Waals surface area contributed by atoms with Crippen molar-refractivity contribution in [3.8, 4) is 28.3 Å². The molecule has 0 saturated carbocycles. The van der Waals surface area contributed by atoms with E-state index < -0.39 is 0 Å². The molecule has 11 rings (SSSR count). The number of rotatable bonds is 1. The molecule has 1 aliphatic rings. The van der Waals surface area contributed by atoms with Crippen LogP contribution in [0.5, 0.6) is 0 Å². The molecule has 0 saturated heterocycles. The van der Waals surface area contributed by atoms with Gasteiger partial charge in [-0.05, 0) is 41.5 Å². The van der Waals surface area contributed by atoms with Gasteiger partial charge >= 0.3 is 0 Å². The average molecular weight is 533 g/mol. The third-order valence-corrected chi connectivity index (χ3v) is 9.39. The van der Waals surface area contributed by atoms with E-state index in [-0.39, 0.29) is 0 Å². The highest BCUT2D eigenvalue weighted by molar-refractivity contribution is 6.35. The standard InChI is InChI=1S/C38H20N4/c1-2-12-24-21(10-1)23-15-9-16-28-33(23)36(24)40-38(39-28)42-31-19-8-4-13-25(31)34-32(42)20-27-22-11-3-6-17-29(22)41-30-18-7-5-14-26(30)35(34)37(27)41/h1-20H. The van der Waals surface area contributed by atoms with Crippen LogP contribution in [0.4, 0.5) is 0 Å². The van der Waals surface area contributed by atoms with Crippen molar-refractivity contribution < 1.29 is 0 Å². The van der Waals surface area contributed by atoms with Gasteiger partial charge in [-0.25, -0.2) is 9.97 Å². The number of hydrogen-bond donors (Lipinski definition) is 0. The fourth-order valence-corrected chi connectivity index (χ4v) is 7.79. The van der Waals surface area contributed by atoms with Gasteiger partial charge < -0.3 is 4.40 Å². The van der Waals surface area contributed by atoms with Gasteiger partial charge in [0.2, 0.25) is 5.95 Å². The molecule has 4 aromatic heterocycles. The van der Waals surface area contributed by atoms with Crippen molar-refractivity contribution in [2.75, 3.05) is 0 Å². The van der Waals surface area contributed by atoms with Gasteiger partial charge in [-0.2, -0.15) is 0 Å². The van der Waals surface area contributed by atoms with Gasteiger partial charge in [0.1, 0.15) is 0 Å². The number of nitrogens with zero attached hydrogens (tertiary/aromatic N) is 4. The Morgan fingerprint density at radius 1 is 0.429 bits per heavy atom. The van der Waals surface area contributed by atoms with Crippen LogP contribution < -0.4 is 0 Å². The number of hydrogen-bond acceptors (Lipinski definition) is 2. The maximum atomic E-state index is 5.35. The summed E-state index contributed by atoms with van der Waals surface area (Å²) in [6.07, 6.45) is 0. The summed E-state index contributed by atoms with van der Waals surface area (Å²) in [4.78, 5) is 10.6. The maximum absolute atomic E-state index is 5.35. The highest BCUT2D eigenvalue weighted by Crippen LogP contribution is 2.48. The molecule has 0 amide bonds. The van der Waals surface area contributed by atoms with E-state index in [1.165, 1.54) is 65.6 Å². The van der Waals surface area contributed by atoms with Gasteiger partial charge in [-0.3, -0.25) is 4.57 Å². The molecule has 0 N–H and O–H groups in total. The summed E-state index contributed by atoms with van der Waals surface area (Å²) >= 11 is 0. The van der Waals surface area contributed by atoms with Crippen LogP contribution in [0, 0.1) is 0 Å². The Bertz CT molecular complexity index is 2800. The highest BCUT2D eigenvalue weighted by atomic mass is 15.2. The molecule has 0 fully saturated rings. The second-order valence-corrected chi connectivity index (χ2v) is 11.4. The molecule has 6 aromatic carbocycles. The highest BCUT2D eigenvalue weighted by Gasteiger charge is 2.27. The fraction of sp³-hybridized carbons (Fsp3) is 0. The second kappa shape index (κ2) is 7.12. The lowest BCUT2D eigenvalue weighted by Gasteiger charge is -2.10. The Hall–Kier alpha value is -5.74. The molecule has 1 aliphatic carbocycles. The smallest absolute Gasteiger partial charge is 0.235 e. The van der Waals surface area contributed by atoms with Crippen LogP contribution in [-0.2, 0) is 0 Å². The molecule has 192 valence electrons. The Labute approximate surface area is 239 Å². The van der Waals surface area contributed by atoms with Gasteiger partial charge in [0.15, 0.2) is 0 Å². The van der Waals surface area contributed by atoms with Gasteiger partial charge in [-0.15, -0.1) is 0 Å². The normalized spacial score (nSPS) is 12.8. The van der Waals surface area contributed by atoms with Crippen LogP contribution >= 0.6 is 0 Å². The Balaban J connectivity index is 1.39. The van der Waals surface area contributed by atoms with Crippen molar-refractivity contribution >= 4 is 70.8 Å². The minimum Gasteiger partial charge on any atom is -0.308 e. The summed E-state index contributed by atoms with van der Waals surface area (Å²) in [5, 5.41) is 8.69. The van der Waals surface area contributed by atoms with Crippen molar-refractivity contribution in [1.29, 1.82) is 0 Å². The zero-order chi connectivity index (χ0) is 27.1. The van der Waals surface area contributed by atoms with Crippen LogP contribution in [0.1, 0.15) is 0 Å². The lowest BCUT2D eigenvalue weighted by atomic mass is 10.0. The van der Waals surface area contributed by atoms with Crippen molar-refractivity contribution in [2.45, 2.75) is 0 Å². The first-order valence-corrected chi connectivity index (χ1v) is 14.4. The van der Waals surface area contributed by atoms with Crippen molar-refractivity contribution in [3.63, 3.8) is 0 Å². The van der Waals surface area contributed by atoms with Crippen LogP contribution in [0.3, 0.4) is 0 Å². The zero-order valence-electron chi connectivity index (χ0n) is 22.3. The second-order valence-electron chi connectivity index (χ2n) is 11.4. The lowest BCUT2D eigenvalue weighted by Crippen LogP contribution is -2.02. The predicted molar refractivity (Wildman–Crippen MR) is 173 cm³/mol. The molecular formula is C38H20N4. The Morgan fingerprint density at radius 2 is 1.07 bits per heavy atom. The number of fused-ring (bicyclic) bond motifs is 13. The summed E-state index contributed by atoms with van der Waals surface area (Å²) in [5.74, 6) is 0.708. The molecular weight excluding hydrogens is 512 g/mol. The maximum Gasteiger partial charge on any atom is 0.235 e. The van der Waals surface area contributed by atoms with Crippen LogP contribution in [0.2, 0.25) is 0 Å².